The van der Waals surface area contributed by atoms with E-state index < -0.39 is 20.0 Å². The number of esters is 1. The van der Waals surface area contributed by atoms with Crippen LogP contribution in [0.4, 0.5) is 0 Å². The summed E-state index contributed by atoms with van der Waals surface area (Å²) in [4.78, 5) is 40.2. The summed E-state index contributed by atoms with van der Waals surface area (Å²) in [5, 5.41) is 3.05. The predicted molar refractivity (Wildman–Crippen MR) is 367 cm³/mol. The van der Waals surface area contributed by atoms with Crippen molar-refractivity contribution in [2.24, 2.45) is 0 Å². The molecule has 0 radical (unpaired) electrons. The summed E-state index contributed by atoms with van der Waals surface area (Å²) < 4.78 is 30.5. The molecule has 3 unspecified atom stereocenters. The molecule has 500 valence electrons. The Bertz CT molecular complexity index is 1590. The van der Waals surface area contributed by atoms with Crippen LogP contribution in [0, 0.1) is 0 Å². The molecule has 0 aromatic rings. The molecule has 0 aliphatic heterocycles. The smallest absolute Gasteiger partial charge is 0.306 e. The van der Waals surface area contributed by atoms with Gasteiger partial charge < -0.3 is 28.5 Å². The Labute approximate surface area is 529 Å². The summed E-state index contributed by atoms with van der Waals surface area (Å²) in [7, 11) is 1.20. The Morgan fingerprint density at radius 3 is 1.09 bits per heavy atom. The van der Waals surface area contributed by atoms with Crippen molar-refractivity contribution >= 4 is 19.7 Å². The van der Waals surface area contributed by atoms with Crippen LogP contribution in [0.1, 0.15) is 367 Å². The van der Waals surface area contributed by atoms with E-state index in [2.05, 4.69) is 62.5 Å². The van der Waals surface area contributed by atoms with E-state index >= 15 is 0 Å². The zero-order valence-electron chi connectivity index (χ0n) is 57.3. The van der Waals surface area contributed by atoms with E-state index in [1.807, 2.05) is 33.3 Å². The molecular formula is C75H143N2O7P. The van der Waals surface area contributed by atoms with Crippen LogP contribution in [0.3, 0.4) is 0 Å². The van der Waals surface area contributed by atoms with Gasteiger partial charge in [0, 0.05) is 12.8 Å². The monoisotopic (exact) mass is 1220 g/mol. The van der Waals surface area contributed by atoms with E-state index in [4.69, 9.17) is 13.8 Å². The molecular weight excluding hydrogens is 1070 g/mol. The SMILES string of the molecule is CCCCC/C=C\C/C=C\CCCCCCCCCCCCCCCCCC(=O)OC(/C=C/CCCCCCCCCCC)C(COP(=O)([O-])OCC[N+](C)(C)C)NC(=O)CCCCCCCCCCCCCCC/C=C/CCCCCCCC. The molecule has 0 aromatic heterocycles. The van der Waals surface area contributed by atoms with Gasteiger partial charge in [-0.05, 0) is 89.5 Å². The van der Waals surface area contributed by atoms with Crippen LogP contribution in [-0.2, 0) is 27.9 Å². The molecule has 0 fully saturated rings. The lowest BCUT2D eigenvalue weighted by molar-refractivity contribution is -0.870. The van der Waals surface area contributed by atoms with E-state index in [0.29, 0.717) is 17.4 Å². The highest BCUT2D eigenvalue weighted by Crippen LogP contribution is 2.38. The Balaban J connectivity index is 4.95. The number of hydrogen-bond donors (Lipinski definition) is 1. The Morgan fingerprint density at radius 1 is 0.412 bits per heavy atom. The summed E-state index contributed by atoms with van der Waals surface area (Å²) in [6.45, 7) is 6.87. The average Bonchev–Trinajstić information content (AvgIpc) is 3.58. The number of allylic oxidation sites excluding steroid dienone is 7. The van der Waals surface area contributed by atoms with Crippen LogP contribution >= 0.6 is 7.82 Å². The van der Waals surface area contributed by atoms with Crippen LogP contribution in [0.25, 0.3) is 0 Å². The average molecular weight is 1220 g/mol. The van der Waals surface area contributed by atoms with Gasteiger partial charge in [0.2, 0.25) is 5.91 Å². The fraction of sp³-hybridized carbons (Fsp3) is 0.867. The number of nitrogens with one attached hydrogen (secondary N) is 1. The van der Waals surface area contributed by atoms with Crippen LogP contribution in [0.2, 0.25) is 0 Å². The summed E-state index contributed by atoms with van der Waals surface area (Å²) in [6.07, 6.45) is 82.4. The van der Waals surface area contributed by atoms with Crippen molar-refractivity contribution in [3.8, 4) is 0 Å². The number of likely N-dealkylation sites (N-methyl/N-ethyl adjacent to an activating group) is 1. The molecule has 0 aliphatic carbocycles. The molecule has 0 heterocycles. The van der Waals surface area contributed by atoms with E-state index in [-0.39, 0.29) is 31.5 Å². The van der Waals surface area contributed by atoms with Crippen molar-refractivity contribution in [3.63, 3.8) is 0 Å². The van der Waals surface area contributed by atoms with Crippen molar-refractivity contribution in [1.82, 2.24) is 5.32 Å². The first-order chi connectivity index (χ1) is 41.4. The van der Waals surface area contributed by atoms with Crippen LogP contribution in [0.15, 0.2) is 48.6 Å². The number of hydrogen-bond acceptors (Lipinski definition) is 7. The molecule has 3 atom stereocenters. The zero-order valence-corrected chi connectivity index (χ0v) is 58.2. The van der Waals surface area contributed by atoms with Gasteiger partial charge in [-0.3, -0.25) is 14.2 Å². The van der Waals surface area contributed by atoms with Crippen LogP contribution in [0.5, 0.6) is 0 Å². The van der Waals surface area contributed by atoms with Gasteiger partial charge in [0.15, 0.2) is 0 Å². The number of carbonyl (C=O) groups excluding carboxylic acids is 2. The summed E-state index contributed by atoms with van der Waals surface area (Å²) in [5.41, 5.74) is 0. The standard InChI is InChI=1S/C75H143N2O7P/c1-7-10-13-16-19-22-25-27-29-31-33-35-37-38-40-42-44-46-48-50-53-56-59-62-65-68-75(79)84-73(66-63-60-57-54-51-24-21-18-15-12-9-3)72(71-83-85(80,81)82-70-69-77(4,5)6)76-74(78)67-64-61-58-55-52-49-47-45-43-41-39-36-34-32-30-28-26-23-20-17-14-11-8-2/h19,22,27-30,63,66,72-73H,7-18,20-21,23-26,31-62,64-65,67-71H2,1-6H3,(H-,76,78,80,81)/b22-19-,29-27-,30-28+,66-63+. The minimum atomic E-state index is -4.70. The van der Waals surface area contributed by atoms with E-state index in [1.165, 1.54) is 270 Å². The Kier molecular flexibility index (Phi) is 63.4. The van der Waals surface area contributed by atoms with E-state index in [1.54, 1.807) is 0 Å². The third-order valence-corrected chi connectivity index (χ3v) is 17.7. The third kappa shape index (κ3) is 66.2. The first-order valence-corrected chi connectivity index (χ1v) is 38.4. The minimum absolute atomic E-state index is 0.0204. The van der Waals surface area contributed by atoms with Gasteiger partial charge in [0.05, 0.1) is 33.8 Å². The lowest BCUT2D eigenvalue weighted by atomic mass is 10.0. The molecule has 10 heteroatoms. The molecule has 0 aliphatic rings. The van der Waals surface area contributed by atoms with Crippen molar-refractivity contribution in [3.05, 3.63) is 48.6 Å². The topological polar surface area (TPSA) is 114 Å². The highest BCUT2D eigenvalue weighted by molar-refractivity contribution is 7.45. The van der Waals surface area contributed by atoms with Gasteiger partial charge in [-0.25, -0.2) is 0 Å². The van der Waals surface area contributed by atoms with Crippen molar-refractivity contribution in [2.45, 2.75) is 380 Å². The highest BCUT2D eigenvalue weighted by atomic mass is 31.2. The zero-order chi connectivity index (χ0) is 62.1. The summed E-state index contributed by atoms with van der Waals surface area (Å²) in [6, 6.07) is -0.887. The van der Waals surface area contributed by atoms with Crippen LogP contribution < -0.4 is 10.2 Å². The number of phosphoric ester groups is 1. The molecule has 0 aromatic carbocycles. The van der Waals surface area contributed by atoms with E-state index in [0.717, 1.165) is 64.2 Å². The number of nitrogens with zero attached hydrogens (tertiary/aromatic N) is 1. The molecule has 0 rings (SSSR count). The van der Waals surface area contributed by atoms with Gasteiger partial charge >= 0.3 is 5.97 Å². The predicted octanol–water partition coefficient (Wildman–Crippen LogP) is 22.9. The second kappa shape index (κ2) is 64.9. The fourth-order valence-electron chi connectivity index (χ4n) is 11.0. The van der Waals surface area contributed by atoms with E-state index in [9.17, 15) is 19.0 Å². The first kappa shape index (κ1) is 83.0. The maximum Gasteiger partial charge on any atom is 0.306 e. The molecule has 0 saturated carbocycles. The second-order valence-corrected chi connectivity index (χ2v) is 27.9. The van der Waals surface area contributed by atoms with Gasteiger partial charge in [-0.1, -0.05) is 314 Å². The number of carbonyl (C=O) groups is 2. The van der Waals surface area contributed by atoms with Gasteiger partial charge in [-0.15, -0.1) is 0 Å². The summed E-state index contributed by atoms with van der Waals surface area (Å²) in [5.74, 6) is -0.524. The lowest BCUT2D eigenvalue weighted by Crippen LogP contribution is -2.47. The molecule has 0 spiro atoms. The lowest BCUT2D eigenvalue weighted by Gasteiger charge is -2.30. The minimum Gasteiger partial charge on any atom is -0.756 e. The number of rotatable bonds is 68. The second-order valence-electron chi connectivity index (χ2n) is 26.4. The molecule has 1 amide bonds. The van der Waals surface area contributed by atoms with Gasteiger partial charge in [0.25, 0.3) is 7.82 Å². The third-order valence-electron chi connectivity index (χ3n) is 16.7. The van der Waals surface area contributed by atoms with Crippen molar-refractivity contribution in [2.75, 3.05) is 40.9 Å². The number of amides is 1. The molecule has 9 nitrogen and oxygen atoms in total. The largest absolute Gasteiger partial charge is 0.756 e. The highest BCUT2D eigenvalue weighted by Gasteiger charge is 2.27. The Hall–Kier alpha value is -2.03. The number of phosphoric acid groups is 1. The Morgan fingerprint density at radius 2 is 0.718 bits per heavy atom. The normalized spacial score (nSPS) is 13.7. The number of ether oxygens (including phenoxy) is 1. The van der Waals surface area contributed by atoms with Crippen LogP contribution in [-0.4, -0.2) is 69.4 Å². The number of quaternary nitrogens is 1. The fourth-order valence-corrected chi connectivity index (χ4v) is 11.7. The molecule has 0 bridgehead atoms. The molecule has 0 saturated heterocycles. The van der Waals surface area contributed by atoms with Crippen molar-refractivity contribution < 1.29 is 37.3 Å². The maximum atomic E-state index is 13.6. The van der Waals surface area contributed by atoms with Gasteiger partial charge in [0.1, 0.15) is 19.3 Å². The van der Waals surface area contributed by atoms with Gasteiger partial charge in [-0.2, -0.15) is 0 Å². The summed E-state index contributed by atoms with van der Waals surface area (Å²) >= 11 is 0. The van der Waals surface area contributed by atoms with Crippen molar-refractivity contribution in [1.29, 1.82) is 0 Å². The number of unbranched alkanes of at least 4 members (excludes halogenated alkanes) is 46. The quantitative estimate of drug-likeness (QED) is 0.0212. The maximum absolute atomic E-state index is 13.6. The molecule has 1 N–H and O–H groups in total. The molecule has 85 heavy (non-hydrogen) atoms. The first-order valence-electron chi connectivity index (χ1n) is 36.9.